The molecule has 0 aliphatic rings. The van der Waals surface area contributed by atoms with Crippen molar-refractivity contribution in [2.45, 2.75) is 0 Å². The fourth-order valence-electron chi connectivity index (χ4n) is 0. The predicted molar refractivity (Wildman–Crippen MR) is 10.4 cm³/mol. The fourth-order valence-corrected chi connectivity index (χ4v) is 0. The molecular weight excluding hydrogens is 95.1 g/mol. The Morgan fingerprint density at radius 2 is 1.80 bits per heavy atom. The average Bonchev–Trinajstić information content (AvgIpc) is 0.811. The van der Waals surface area contributed by atoms with E-state index in [9.17, 15) is 0 Å². The summed E-state index contributed by atoms with van der Waals surface area (Å²) < 4.78 is 0. The van der Waals surface area contributed by atoms with Crippen LogP contribution in [0.3, 0.4) is 0 Å². The van der Waals surface area contributed by atoms with Crippen LogP contribution in [0.15, 0.2) is 0 Å². The topological polar surface area (TPSA) is 40.1 Å². The summed E-state index contributed by atoms with van der Waals surface area (Å²) in [6.07, 6.45) is 0. The van der Waals surface area contributed by atoms with Gasteiger partial charge in [-0.15, -0.1) is 0 Å². The van der Waals surface area contributed by atoms with E-state index >= 15 is 0 Å². The van der Waals surface area contributed by atoms with E-state index in [1.807, 2.05) is 0 Å². The Morgan fingerprint density at radius 3 is 1.80 bits per heavy atom. The van der Waals surface area contributed by atoms with E-state index in [4.69, 9.17) is 9.90 Å². The van der Waals surface area contributed by atoms with E-state index in [-0.39, 0.29) is 51.4 Å². The van der Waals surface area contributed by atoms with E-state index in [0.29, 0.717) is 0 Å². The van der Waals surface area contributed by atoms with E-state index in [1.54, 1.807) is 0 Å². The number of hydrogen-bond acceptors (Lipinski definition) is 2. The van der Waals surface area contributed by atoms with Gasteiger partial charge in [0, 0.05) is 5.97 Å². The van der Waals surface area contributed by atoms with Gasteiger partial charge in [-0.3, -0.25) is 0 Å². The average molecular weight is 97.1 g/mol. The normalized spacial score (nSPS) is 5.00. The summed E-state index contributed by atoms with van der Waals surface area (Å²) in [4.78, 5) is 8.78. The maximum atomic E-state index is 8.78. The third-order valence-electron chi connectivity index (χ3n) is 0. The first kappa shape index (κ1) is 9.44. The third kappa shape index (κ3) is 40.3. The Labute approximate surface area is 73.0 Å². The summed E-state index contributed by atoms with van der Waals surface area (Å²) in [5.74, 6) is -1.33. The minimum atomic E-state index is -1.33. The van der Waals surface area contributed by atoms with Crippen molar-refractivity contribution in [3.8, 4) is 0 Å². The minimum Gasteiger partial charge on any atom is -0.550 e. The van der Waals surface area contributed by atoms with E-state index < -0.39 is 5.97 Å². The Bertz CT molecular complexity index is 30.6. The van der Waals surface area contributed by atoms with Gasteiger partial charge in [0.15, 0.2) is 0 Å². The van der Waals surface area contributed by atoms with Crippen LogP contribution in [0.5, 0.6) is 0 Å². The van der Waals surface area contributed by atoms with Crippen molar-refractivity contribution in [3.05, 3.63) is 6.92 Å². The number of aliphatic carboxylic acids is 1. The first-order chi connectivity index (χ1) is 1.73. The molecule has 0 aromatic carbocycles. The molecule has 23 valence electrons. The van der Waals surface area contributed by atoms with Crippen molar-refractivity contribution >= 4 is 5.97 Å². The molecule has 1 radical (unpaired) electrons. The van der Waals surface area contributed by atoms with Gasteiger partial charge in [0.25, 0.3) is 0 Å². The van der Waals surface area contributed by atoms with Gasteiger partial charge >= 0.3 is 51.4 Å². The van der Waals surface area contributed by atoms with Gasteiger partial charge in [0.1, 0.15) is 0 Å². The van der Waals surface area contributed by atoms with Gasteiger partial charge in [0.2, 0.25) is 0 Å². The van der Waals surface area contributed by atoms with Crippen molar-refractivity contribution in [1.29, 1.82) is 0 Å². The van der Waals surface area contributed by atoms with Crippen LogP contribution < -0.4 is 56.5 Å². The molecule has 0 unspecified atom stereocenters. The SMILES string of the molecule is [CH2]C(=O)[O-].[K+]. The largest absolute Gasteiger partial charge is 1.00 e. The standard InChI is InChI=1S/C2H3O2.K/c1-2(3)4;/h1H2,(H,3,4);/q;+1/p-1. The number of hydrogen-bond donors (Lipinski definition) is 0. The second-order valence-corrected chi connectivity index (χ2v) is 0.372. The van der Waals surface area contributed by atoms with Gasteiger partial charge in [0.05, 0.1) is 0 Å². The van der Waals surface area contributed by atoms with E-state index in [2.05, 4.69) is 6.92 Å². The third-order valence-corrected chi connectivity index (χ3v) is 0. The molecule has 0 atom stereocenters. The number of carbonyl (C=O) groups excluding carboxylic acids is 1. The summed E-state index contributed by atoms with van der Waals surface area (Å²) in [5.41, 5.74) is 0. The van der Waals surface area contributed by atoms with E-state index in [0.717, 1.165) is 0 Å². The Balaban J connectivity index is 0. The second kappa shape index (κ2) is 5.11. The van der Waals surface area contributed by atoms with Gasteiger partial charge in [-0.1, -0.05) is 0 Å². The van der Waals surface area contributed by atoms with Crippen molar-refractivity contribution < 1.29 is 61.3 Å². The van der Waals surface area contributed by atoms with Crippen LogP contribution in [0.25, 0.3) is 0 Å². The predicted octanol–water partition coefficient (Wildman–Crippen LogP) is -4.43. The van der Waals surface area contributed by atoms with Crippen LogP contribution in [0.1, 0.15) is 0 Å². The molecular formula is C2H2KO2. The molecule has 0 aliphatic carbocycles. The second-order valence-electron chi connectivity index (χ2n) is 0.372. The maximum absolute atomic E-state index is 8.78. The summed E-state index contributed by atoms with van der Waals surface area (Å²) in [7, 11) is 0. The summed E-state index contributed by atoms with van der Waals surface area (Å²) in [5, 5.41) is 8.78. The molecule has 0 rings (SSSR count). The molecule has 0 aliphatic heterocycles. The molecule has 3 heteroatoms. The fraction of sp³-hybridized carbons (Fsp3) is 0. The summed E-state index contributed by atoms with van der Waals surface area (Å²) >= 11 is 0. The van der Waals surface area contributed by atoms with Crippen molar-refractivity contribution in [3.63, 3.8) is 0 Å². The maximum Gasteiger partial charge on any atom is 1.00 e. The molecule has 0 N–H and O–H groups in total. The van der Waals surface area contributed by atoms with Crippen LogP contribution in [-0.2, 0) is 4.79 Å². The van der Waals surface area contributed by atoms with Gasteiger partial charge < -0.3 is 9.90 Å². The van der Waals surface area contributed by atoms with Gasteiger partial charge in [-0.05, 0) is 6.92 Å². The van der Waals surface area contributed by atoms with Gasteiger partial charge in [-0.25, -0.2) is 0 Å². The van der Waals surface area contributed by atoms with E-state index in [1.165, 1.54) is 0 Å². The molecule has 0 fully saturated rings. The van der Waals surface area contributed by atoms with Crippen LogP contribution in [0.2, 0.25) is 0 Å². The molecule has 0 aromatic rings. The van der Waals surface area contributed by atoms with Crippen molar-refractivity contribution in [1.82, 2.24) is 0 Å². The summed E-state index contributed by atoms with van der Waals surface area (Å²) in [6, 6.07) is 0. The zero-order valence-electron chi connectivity index (χ0n) is 3.02. The molecule has 0 bridgehead atoms. The smallest absolute Gasteiger partial charge is 0.550 e. The molecule has 2 nitrogen and oxygen atoms in total. The summed E-state index contributed by atoms with van der Waals surface area (Å²) in [6.45, 7) is 2.44. The molecule has 0 heterocycles. The number of carbonyl (C=O) groups is 1. The van der Waals surface area contributed by atoms with Crippen molar-refractivity contribution in [2.24, 2.45) is 0 Å². The minimum absolute atomic E-state index is 0. The quantitative estimate of drug-likeness (QED) is 0.286. The Hall–Kier alpha value is 1.11. The zero-order chi connectivity index (χ0) is 3.58. The molecule has 5 heavy (non-hydrogen) atoms. The molecule has 0 saturated carbocycles. The molecule has 0 amide bonds. The van der Waals surface area contributed by atoms with Gasteiger partial charge in [-0.2, -0.15) is 0 Å². The van der Waals surface area contributed by atoms with Crippen LogP contribution in [-0.4, -0.2) is 5.97 Å². The number of rotatable bonds is 0. The number of carboxylic acid groups (broad SMARTS) is 1. The van der Waals surface area contributed by atoms with Crippen LogP contribution >= 0.6 is 0 Å². The Kier molecular flexibility index (Phi) is 9.64. The van der Waals surface area contributed by atoms with Crippen LogP contribution in [0.4, 0.5) is 0 Å². The first-order valence-corrected chi connectivity index (χ1v) is 0.762. The molecule has 0 spiro atoms. The Morgan fingerprint density at radius 1 is 1.80 bits per heavy atom. The van der Waals surface area contributed by atoms with Crippen LogP contribution in [0, 0.1) is 6.92 Å². The molecule has 0 saturated heterocycles. The monoisotopic (exact) mass is 97.0 g/mol. The van der Waals surface area contributed by atoms with Crippen molar-refractivity contribution in [2.75, 3.05) is 0 Å². The molecule has 0 aromatic heterocycles. The first-order valence-electron chi connectivity index (χ1n) is 0.762. The number of carboxylic acids is 1. The zero-order valence-corrected chi connectivity index (χ0v) is 6.15.